The Labute approximate surface area is 159 Å². The summed E-state index contributed by atoms with van der Waals surface area (Å²) in [4.78, 5) is 35.0. The maximum Gasteiger partial charge on any atom is 0.324 e. The highest BCUT2D eigenvalue weighted by Gasteiger charge is 2.34. The molecule has 0 fully saturated rings. The van der Waals surface area contributed by atoms with Gasteiger partial charge in [0.05, 0.1) is 6.61 Å². The normalized spacial score (nSPS) is 14.1. The smallest absolute Gasteiger partial charge is 0.324 e. The Balaban J connectivity index is 2.69. The third-order valence-corrected chi connectivity index (χ3v) is 5.84. The molecule has 1 unspecified atom stereocenters. The Bertz CT molecular complexity index is 602. The van der Waals surface area contributed by atoms with Crippen molar-refractivity contribution in [2.24, 2.45) is 11.5 Å². The summed E-state index contributed by atoms with van der Waals surface area (Å²) in [5.41, 5.74) is 12.0. The molecule has 0 amide bonds. The molecule has 0 radical (unpaired) electrons. The Morgan fingerprint density at radius 2 is 1.77 bits per heavy atom. The van der Waals surface area contributed by atoms with Crippen LogP contribution in [0.2, 0.25) is 0 Å². The van der Waals surface area contributed by atoms with Crippen molar-refractivity contribution in [2.75, 3.05) is 12.4 Å². The molecule has 0 spiro atoms. The van der Waals surface area contributed by atoms with Crippen LogP contribution >= 0.6 is 21.6 Å². The molecule has 1 aromatic rings. The van der Waals surface area contributed by atoms with E-state index in [1.807, 2.05) is 18.2 Å². The molecule has 0 aromatic heterocycles. The topological polar surface area (TPSA) is 142 Å². The van der Waals surface area contributed by atoms with Crippen LogP contribution < -0.4 is 11.5 Å². The molecule has 1 aromatic carbocycles. The Hall–Kier alpha value is -1.75. The molecular weight excluding hydrogens is 380 g/mol. The summed E-state index contributed by atoms with van der Waals surface area (Å²) in [6, 6.07) is 6.71. The minimum absolute atomic E-state index is 0.0333. The van der Waals surface area contributed by atoms with Crippen LogP contribution in [0.15, 0.2) is 30.3 Å². The van der Waals surface area contributed by atoms with Crippen LogP contribution in [0.25, 0.3) is 0 Å². The van der Waals surface area contributed by atoms with Crippen molar-refractivity contribution in [3.8, 4) is 0 Å². The first-order chi connectivity index (χ1) is 12.4. The maximum atomic E-state index is 12.4. The molecule has 26 heavy (non-hydrogen) atoms. The first-order valence-electron chi connectivity index (χ1n) is 7.76. The molecule has 0 bridgehead atoms. The van der Waals surface area contributed by atoms with Crippen molar-refractivity contribution in [3.63, 3.8) is 0 Å². The predicted octanol–water partition coefficient (Wildman–Crippen LogP) is 0.782. The van der Waals surface area contributed by atoms with Gasteiger partial charge in [0.25, 0.3) is 0 Å². The second-order valence-electron chi connectivity index (χ2n) is 5.12. The number of nitrogens with two attached hydrogens (primary N) is 2. The first-order valence-corrected chi connectivity index (χ1v) is 10.1. The van der Waals surface area contributed by atoms with Crippen LogP contribution in [0.4, 0.5) is 0 Å². The van der Waals surface area contributed by atoms with Gasteiger partial charge < -0.3 is 26.0 Å². The van der Waals surface area contributed by atoms with Gasteiger partial charge in [-0.2, -0.15) is 0 Å². The van der Waals surface area contributed by atoms with Gasteiger partial charge in [-0.25, -0.2) is 0 Å². The van der Waals surface area contributed by atoms with Crippen molar-refractivity contribution in [2.45, 2.75) is 30.9 Å². The number of carbonyl (C=O) groups is 3. The number of hydrogen-bond acceptors (Lipinski definition) is 9. The fraction of sp³-hybridized carbons (Fsp3) is 0.438. The third kappa shape index (κ3) is 7.65. The van der Waals surface area contributed by atoms with Gasteiger partial charge in [-0.05, 0) is 12.5 Å². The number of rotatable bonds is 11. The van der Waals surface area contributed by atoms with Gasteiger partial charge in [0, 0.05) is 5.75 Å². The van der Waals surface area contributed by atoms with E-state index in [2.05, 4.69) is 0 Å². The van der Waals surface area contributed by atoms with Crippen LogP contribution in [0.1, 0.15) is 12.5 Å². The van der Waals surface area contributed by atoms with Crippen molar-refractivity contribution >= 4 is 39.5 Å². The van der Waals surface area contributed by atoms with Gasteiger partial charge in [0.1, 0.15) is 23.9 Å². The van der Waals surface area contributed by atoms with Crippen molar-refractivity contribution < 1.29 is 29.0 Å². The summed E-state index contributed by atoms with van der Waals surface area (Å²) >= 11 is 0. The molecule has 0 saturated heterocycles. The van der Waals surface area contributed by atoms with Gasteiger partial charge in [-0.3, -0.25) is 14.4 Å². The zero-order chi connectivity index (χ0) is 19.5. The number of carbonyl (C=O) groups excluding carboxylic acids is 2. The number of hydrogen-bond donors (Lipinski definition) is 3. The molecule has 0 aliphatic rings. The molecule has 0 heterocycles. The molecule has 10 heteroatoms. The van der Waals surface area contributed by atoms with Crippen molar-refractivity contribution in [3.05, 3.63) is 35.9 Å². The van der Waals surface area contributed by atoms with E-state index in [0.29, 0.717) is 0 Å². The highest BCUT2D eigenvalue weighted by molar-refractivity contribution is 8.77. The lowest BCUT2D eigenvalue weighted by Crippen LogP contribution is -2.46. The summed E-state index contributed by atoms with van der Waals surface area (Å²) in [5.74, 6) is -2.53. The van der Waals surface area contributed by atoms with Crippen LogP contribution in [-0.4, -0.2) is 52.7 Å². The molecule has 5 N–H and O–H groups in total. The molecule has 1 rings (SSSR count). The lowest BCUT2D eigenvalue weighted by Gasteiger charge is -2.20. The van der Waals surface area contributed by atoms with E-state index in [-0.39, 0.29) is 19.0 Å². The lowest BCUT2D eigenvalue weighted by molar-refractivity contribution is -0.151. The Morgan fingerprint density at radius 3 is 2.35 bits per heavy atom. The number of aliphatic carboxylic acids is 1. The highest BCUT2D eigenvalue weighted by Crippen LogP contribution is 2.30. The van der Waals surface area contributed by atoms with Crippen LogP contribution in [0.5, 0.6) is 0 Å². The van der Waals surface area contributed by atoms with Gasteiger partial charge >= 0.3 is 17.9 Å². The third-order valence-electron chi connectivity index (χ3n) is 3.08. The summed E-state index contributed by atoms with van der Waals surface area (Å²) in [6.07, 6.45) is 0. The fourth-order valence-corrected chi connectivity index (χ4v) is 4.28. The quantitative estimate of drug-likeness (QED) is 0.359. The number of carboxylic acids is 1. The van der Waals surface area contributed by atoms with Gasteiger partial charge in [-0.1, -0.05) is 51.9 Å². The lowest BCUT2D eigenvalue weighted by atomic mass is 10.2. The van der Waals surface area contributed by atoms with E-state index in [4.69, 9.17) is 26.0 Å². The zero-order valence-electron chi connectivity index (χ0n) is 14.2. The largest absolute Gasteiger partial charge is 0.480 e. The molecule has 0 saturated carbocycles. The molecule has 8 nitrogen and oxygen atoms in total. The molecule has 144 valence electrons. The summed E-state index contributed by atoms with van der Waals surface area (Å²) < 4.78 is 10.1. The molecule has 3 atom stereocenters. The second kappa shape index (κ2) is 11.8. The number of ether oxygens (including phenoxy) is 2. The number of carboxylic acid groups (broad SMARTS) is 1. The Kier molecular flexibility index (Phi) is 10.1. The molecular formula is C16H22N2O6S2. The average molecular weight is 402 g/mol. The summed E-state index contributed by atoms with van der Waals surface area (Å²) in [6.45, 7) is 1.78. The van der Waals surface area contributed by atoms with E-state index in [9.17, 15) is 14.4 Å². The van der Waals surface area contributed by atoms with Gasteiger partial charge in [-0.15, -0.1) is 0 Å². The van der Waals surface area contributed by atoms with Crippen molar-refractivity contribution in [1.29, 1.82) is 0 Å². The van der Waals surface area contributed by atoms with Crippen LogP contribution in [0.3, 0.4) is 0 Å². The molecule has 0 aliphatic heterocycles. The Morgan fingerprint density at radius 1 is 1.12 bits per heavy atom. The van der Waals surface area contributed by atoms with E-state index in [1.165, 1.54) is 0 Å². The second-order valence-corrected chi connectivity index (χ2v) is 7.67. The summed E-state index contributed by atoms with van der Waals surface area (Å²) in [7, 11) is 1.98. The number of benzene rings is 1. The van der Waals surface area contributed by atoms with E-state index in [1.54, 1.807) is 19.1 Å². The van der Waals surface area contributed by atoms with Gasteiger partial charge in [0.2, 0.25) is 0 Å². The van der Waals surface area contributed by atoms with Gasteiger partial charge in [0.15, 0.2) is 0 Å². The van der Waals surface area contributed by atoms with Crippen LogP contribution in [0, 0.1) is 0 Å². The number of esters is 2. The minimum atomic E-state index is -1.24. The first kappa shape index (κ1) is 22.3. The fourth-order valence-electron chi connectivity index (χ4n) is 1.68. The van der Waals surface area contributed by atoms with Crippen LogP contribution in [-0.2, 0) is 30.5 Å². The monoisotopic (exact) mass is 402 g/mol. The maximum absolute atomic E-state index is 12.4. The van der Waals surface area contributed by atoms with E-state index in [0.717, 1.165) is 27.2 Å². The highest BCUT2D eigenvalue weighted by atomic mass is 33.1. The van der Waals surface area contributed by atoms with E-state index < -0.39 is 35.2 Å². The standard InChI is InChI=1S/C16H22N2O6S2/c1-2-23-15(21)12(18)13(26-25-9-11(17)14(19)20)16(22)24-8-10-6-4-3-5-7-10/h3-7,11-13H,2,8-9,17-18H2,1H3,(H,19,20)/t11-,12-,13?/m0/s1. The average Bonchev–Trinajstić information content (AvgIpc) is 2.63. The summed E-state index contributed by atoms with van der Waals surface area (Å²) in [5, 5.41) is 7.74. The zero-order valence-corrected chi connectivity index (χ0v) is 15.8. The predicted molar refractivity (Wildman–Crippen MR) is 100 cm³/mol. The van der Waals surface area contributed by atoms with Crippen molar-refractivity contribution in [1.82, 2.24) is 0 Å². The molecule has 0 aliphatic carbocycles. The minimum Gasteiger partial charge on any atom is -0.480 e. The SMILES string of the molecule is CCOC(=O)[C@@H](N)C(SSC[C@H](N)C(=O)O)C(=O)OCc1ccccc1. The van der Waals surface area contributed by atoms with E-state index >= 15 is 0 Å².